The van der Waals surface area contributed by atoms with Crippen LogP contribution in [-0.2, 0) is 11.2 Å². The maximum absolute atomic E-state index is 13.1. The van der Waals surface area contributed by atoms with Crippen LogP contribution < -0.4 is 10.2 Å². The fourth-order valence-corrected chi connectivity index (χ4v) is 3.95. The third kappa shape index (κ3) is 4.48. The van der Waals surface area contributed by atoms with Gasteiger partial charge < -0.3 is 15.1 Å². The summed E-state index contributed by atoms with van der Waals surface area (Å²) in [6, 6.07) is 16.4. The summed E-state index contributed by atoms with van der Waals surface area (Å²) >= 11 is 1.50. The van der Waals surface area contributed by atoms with Crippen molar-refractivity contribution in [3.8, 4) is 0 Å². The average molecular weight is 396 g/mol. The van der Waals surface area contributed by atoms with E-state index in [1.807, 2.05) is 40.6 Å². The number of piperazine rings is 1. The van der Waals surface area contributed by atoms with Crippen LogP contribution in [0.2, 0.25) is 0 Å². The normalized spacial score (nSPS) is 14.2. The zero-order chi connectivity index (χ0) is 19.3. The van der Waals surface area contributed by atoms with Crippen LogP contribution in [0.5, 0.6) is 0 Å². The van der Waals surface area contributed by atoms with E-state index in [9.17, 15) is 9.18 Å². The van der Waals surface area contributed by atoms with Gasteiger partial charge >= 0.3 is 0 Å². The molecule has 2 heterocycles. The van der Waals surface area contributed by atoms with Crippen molar-refractivity contribution in [3.05, 3.63) is 71.5 Å². The topological polar surface area (TPSA) is 48.5 Å². The molecular formula is C21H21FN4OS. The van der Waals surface area contributed by atoms with Gasteiger partial charge in [0.15, 0.2) is 5.13 Å². The molecule has 1 aliphatic rings. The molecule has 0 atom stereocenters. The molecule has 0 radical (unpaired) electrons. The van der Waals surface area contributed by atoms with Crippen LogP contribution in [-0.4, -0.2) is 42.0 Å². The Hall–Kier alpha value is -2.93. The molecule has 1 fully saturated rings. The molecule has 1 aliphatic heterocycles. The molecule has 1 aromatic heterocycles. The lowest BCUT2D eigenvalue weighted by Crippen LogP contribution is -2.49. The summed E-state index contributed by atoms with van der Waals surface area (Å²) in [5, 5.41) is 5.97. The summed E-state index contributed by atoms with van der Waals surface area (Å²) in [5.74, 6) is -0.141. The van der Waals surface area contributed by atoms with Crippen LogP contribution in [0.3, 0.4) is 0 Å². The lowest BCUT2D eigenvalue weighted by molar-refractivity contribution is -0.130. The molecule has 0 unspecified atom stereocenters. The molecule has 2 aromatic carbocycles. The molecule has 0 spiro atoms. The average Bonchev–Trinajstić information content (AvgIpc) is 3.16. The van der Waals surface area contributed by atoms with E-state index in [4.69, 9.17) is 0 Å². The highest BCUT2D eigenvalue weighted by Gasteiger charge is 2.22. The number of benzene rings is 2. The van der Waals surface area contributed by atoms with Gasteiger partial charge in [-0.15, -0.1) is 11.3 Å². The molecule has 0 saturated carbocycles. The first kappa shape index (κ1) is 18.4. The third-order valence-corrected chi connectivity index (χ3v) is 5.54. The third-order valence-electron chi connectivity index (χ3n) is 4.73. The minimum absolute atomic E-state index is 0.0929. The number of anilines is 3. The van der Waals surface area contributed by atoms with Crippen LogP contribution in [0.1, 0.15) is 5.69 Å². The molecule has 5 nitrogen and oxygen atoms in total. The fraction of sp³-hybridized carbons (Fsp3) is 0.238. The number of aromatic nitrogens is 1. The van der Waals surface area contributed by atoms with Gasteiger partial charge in [-0.2, -0.15) is 0 Å². The zero-order valence-electron chi connectivity index (χ0n) is 15.3. The first-order valence-electron chi connectivity index (χ1n) is 9.22. The molecular weight excluding hydrogens is 375 g/mol. The van der Waals surface area contributed by atoms with Crippen molar-refractivity contribution < 1.29 is 9.18 Å². The van der Waals surface area contributed by atoms with Crippen molar-refractivity contribution in [3.63, 3.8) is 0 Å². The number of nitrogens with zero attached hydrogens (tertiary/aromatic N) is 3. The van der Waals surface area contributed by atoms with Crippen molar-refractivity contribution in [2.45, 2.75) is 6.42 Å². The summed E-state index contributed by atoms with van der Waals surface area (Å²) in [5.41, 5.74) is 2.76. The number of carbonyl (C=O) groups excluding carboxylic acids is 1. The standard InChI is InChI=1S/C21H21FN4OS/c22-16-6-8-19(9-7-16)25-10-12-26(13-11-25)20(27)14-18-15-28-21(24-18)23-17-4-2-1-3-5-17/h1-9,15H,10-14H2,(H,23,24). The Morgan fingerprint density at radius 3 is 2.46 bits per heavy atom. The van der Waals surface area contributed by atoms with Gasteiger partial charge in [0.25, 0.3) is 0 Å². The first-order valence-corrected chi connectivity index (χ1v) is 10.1. The van der Waals surface area contributed by atoms with Crippen molar-refractivity contribution in [1.82, 2.24) is 9.88 Å². The fourth-order valence-electron chi connectivity index (χ4n) is 3.22. The molecule has 4 rings (SSSR count). The Labute approximate surface area is 167 Å². The van der Waals surface area contributed by atoms with Gasteiger partial charge in [-0.3, -0.25) is 4.79 Å². The van der Waals surface area contributed by atoms with E-state index < -0.39 is 0 Å². The quantitative estimate of drug-likeness (QED) is 0.710. The number of amides is 1. The van der Waals surface area contributed by atoms with Gasteiger partial charge in [-0.25, -0.2) is 9.37 Å². The minimum atomic E-state index is -0.234. The lowest BCUT2D eigenvalue weighted by atomic mass is 10.2. The largest absolute Gasteiger partial charge is 0.368 e. The lowest BCUT2D eigenvalue weighted by Gasteiger charge is -2.36. The Balaban J connectivity index is 1.29. The number of nitrogens with one attached hydrogen (secondary N) is 1. The highest BCUT2D eigenvalue weighted by molar-refractivity contribution is 7.13. The Morgan fingerprint density at radius 2 is 1.75 bits per heavy atom. The predicted molar refractivity (Wildman–Crippen MR) is 111 cm³/mol. The van der Waals surface area contributed by atoms with Crippen LogP contribution in [0.25, 0.3) is 0 Å². The Morgan fingerprint density at radius 1 is 1.04 bits per heavy atom. The summed E-state index contributed by atoms with van der Waals surface area (Å²) in [7, 11) is 0. The van der Waals surface area contributed by atoms with E-state index in [-0.39, 0.29) is 11.7 Å². The second-order valence-corrected chi connectivity index (χ2v) is 7.51. The number of halogens is 1. The monoisotopic (exact) mass is 396 g/mol. The van der Waals surface area contributed by atoms with Gasteiger partial charge in [-0.1, -0.05) is 18.2 Å². The van der Waals surface area contributed by atoms with Gasteiger partial charge in [0.05, 0.1) is 12.1 Å². The number of carbonyl (C=O) groups is 1. The summed E-state index contributed by atoms with van der Waals surface area (Å²) < 4.78 is 13.1. The van der Waals surface area contributed by atoms with E-state index in [1.54, 1.807) is 12.1 Å². The molecule has 3 aromatic rings. The summed E-state index contributed by atoms with van der Waals surface area (Å²) in [6.45, 7) is 2.81. The summed E-state index contributed by atoms with van der Waals surface area (Å²) in [4.78, 5) is 21.2. The first-order chi connectivity index (χ1) is 13.7. The van der Waals surface area contributed by atoms with E-state index >= 15 is 0 Å². The molecule has 144 valence electrons. The molecule has 0 bridgehead atoms. The number of para-hydroxylation sites is 1. The van der Waals surface area contributed by atoms with Gasteiger partial charge in [0.2, 0.25) is 5.91 Å². The number of hydrogen-bond acceptors (Lipinski definition) is 5. The second-order valence-electron chi connectivity index (χ2n) is 6.66. The van der Waals surface area contributed by atoms with Crippen LogP contribution >= 0.6 is 11.3 Å². The number of hydrogen-bond donors (Lipinski definition) is 1. The SMILES string of the molecule is O=C(Cc1csc(Nc2ccccc2)n1)N1CCN(c2ccc(F)cc2)CC1. The Bertz CT molecular complexity index is 921. The van der Waals surface area contributed by atoms with Crippen molar-refractivity contribution in [2.24, 2.45) is 0 Å². The van der Waals surface area contributed by atoms with Crippen LogP contribution in [0, 0.1) is 5.82 Å². The molecule has 7 heteroatoms. The van der Waals surface area contributed by atoms with E-state index in [0.29, 0.717) is 19.5 Å². The molecule has 28 heavy (non-hydrogen) atoms. The van der Waals surface area contributed by atoms with Gasteiger partial charge in [-0.05, 0) is 36.4 Å². The number of rotatable bonds is 5. The maximum atomic E-state index is 13.1. The molecule has 1 N–H and O–H groups in total. The van der Waals surface area contributed by atoms with E-state index in [1.165, 1.54) is 23.5 Å². The molecule has 1 saturated heterocycles. The van der Waals surface area contributed by atoms with E-state index in [2.05, 4.69) is 15.2 Å². The van der Waals surface area contributed by atoms with Crippen molar-refractivity contribution in [1.29, 1.82) is 0 Å². The zero-order valence-corrected chi connectivity index (χ0v) is 16.2. The molecule has 1 amide bonds. The van der Waals surface area contributed by atoms with Crippen LogP contribution in [0.4, 0.5) is 20.9 Å². The predicted octanol–water partition coefficient (Wildman–Crippen LogP) is 3.92. The highest BCUT2D eigenvalue weighted by atomic mass is 32.1. The van der Waals surface area contributed by atoms with Gasteiger partial charge in [0.1, 0.15) is 5.82 Å². The molecule has 0 aliphatic carbocycles. The van der Waals surface area contributed by atoms with Crippen LogP contribution in [0.15, 0.2) is 60.0 Å². The van der Waals surface area contributed by atoms with Crippen molar-refractivity contribution >= 4 is 33.8 Å². The highest BCUT2D eigenvalue weighted by Crippen LogP contribution is 2.22. The Kier molecular flexibility index (Phi) is 5.53. The minimum Gasteiger partial charge on any atom is -0.368 e. The summed E-state index contributed by atoms with van der Waals surface area (Å²) in [6.07, 6.45) is 0.309. The van der Waals surface area contributed by atoms with E-state index in [0.717, 1.165) is 35.3 Å². The van der Waals surface area contributed by atoms with Crippen molar-refractivity contribution in [2.75, 3.05) is 36.4 Å². The second kappa shape index (κ2) is 8.39. The smallest absolute Gasteiger partial charge is 0.228 e. The number of thiazole rings is 1. The maximum Gasteiger partial charge on any atom is 0.228 e. The van der Waals surface area contributed by atoms with Gasteiger partial charge in [0, 0.05) is 42.9 Å².